The van der Waals surface area contributed by atoms with Crippen molar-refractivity contribution < 1.29 is 4.79 Å². The minimum Gasteiger partial charge on any atom is -0.353 e. The zero-order valence-electron chi connectivity index (χ0n) is 8.89. The topological polar surface area (TPSA) is 29.1 Å². The predicted octanol–water partition coefficient (Wildman–Crippen LogP) is 2.70. The number of nitrogens with one attached hydrogen (secondary N) is 1. The zero-order valence-corrected chi connectivity index (χ0v) is 9.65. The van der Waals surface area contributed by atoms with E-state index >= 15 is 0 Å². The Balaban J connectivity index is 2.14. The number of hydrogen-bond acceptors (Lipinski definition) is 1. The highest BCUT2D eigenvalue weighted by Gasteiger charge is 2.19. The maximum atomic E-state index is 11.4. The molecule has 1 rings (SSSR count). The molecule has 14 heavy (non-hydrogen) atoms. The lowest BCUT2D eigenvalue weighted by atomic mass is 9.87. The van der Waals surface area contributed by atoms with Crippen LogP contribution in [0.5, 0.6) is 0 Å². The van der Waals surface area contributed by atoms with Crippen LogP contribution < -0.4 is 5.32 Å². The van der Waals surface area contributed by atoms with Gasteiger partial charge in [-0.3, -0.25) is 4.79 Å². The Bertz CT molecular complexity index is 176. The molecule has 0 radical (unpaired) electrons. The first-order valence-corrected chi connectivity index (χ1v) is 6.11. The molecule has 0 aromatic carbocycles. The molecule has 0 unspecified atom stereocenters. The van der Waals surface area contributed by atoms with Gasteiger partial charge in [-0.15, -0.1) is 11.6 Å². The van der Waals surface area contributed by atoms with Gasteiger partial charge in [0.05, 0.1) is 0 Å². The lowest BCUT2D eigenvalue weighted by molar-refractivity contribution is -0.122. The molecule has 0 aromatic heterocycles. The minimum atomic E-state index is 0.171. The summed E-state index contributed by atoms with van der Waals surface area (Å²) in [6.07, 6.45) is 6.16. The first kappa shape index (κ1) is 11.8. The van der Waals surface area contributed by atoms with Crippen molar-refractivity contribution in [1.29, 1.82) is 0 Å². The molecule has 0 bridgehead atoms. The van der Waals surface area contributed by atoms with Crippen LogP contribution in [-0.2, 0) is 4.79 Å². The molecule has 1 aliphatic carbocycles. The average Bonchev–Trinajstić information content (AvgIpc) is 2.18. The second-order valence-electron chi connectivity index (χ2n) is 4.32. The smallest absolute Gasteiger partial charge is 0.220 e. The van der Waals surface area contributed by atoms with Crippen molar-refractivity contribution in [3.63, 3.8) is 0 Å². The van der Waals surface area contributed by atoms with Crippen molar-refractivity contribution in [2.45, 2.75) is 51.5 Å². The lowest BCUT2D eigenvalue weighted by Crippen LogP contribution is -2.37. The van der Waals surface area contributed by atoms with E-state index in [1.165, 1.54) is 12.8 Å². The summed E-state index contributed by atoms with van der Waals surface area (Å²) < 4.78 is 0. The number of hydrogen-bond donors (Lipinski definition) is 1. The third kappa shape index (κ3) is 4.32. The molecule has 82 valence electrons. The quantitative estimate of drug-likeness (QED) is 0.721. The van der Waals surface area contributed by atoms with Crippen molar-refractivity contribution in [1.82, 2.24) is 5.32 Å². The van der Waals surface area contributed by atoms with Crippen LogP contribution in [0.2, 0.25) is 0 Å². The van der Waals surface area contributed by atoms with Crippen LogP contribution in [-0.4, -0.2) is 17.8 Å². The maximum Gasteiger partial charge on any atom is 0.220 e. The second-order valence-corrected chi connectivity index (χ2v) is 4.69. The Hall–Kier alpha value is -0.240. The fourth-order valence-corrected chi connectivity index (χ4v) is 2.07. The van der Waals surface area contributed by atoms with Crippen LogP contribution in [0.4, 0.5) is 0 Å². The van der Waals surface area contributed by atoms with Crippen LogP contribution in [0, 0.1) is 5.92 Å². The maximum absolute atomic E-state index is 11.4. The van der Waals surface area contributed by atoms with Crippen LogP contribution in [0.15, 0.2) is 0 Å². The summed E-state index contributed by atoms with van der Waals surface area (Å²) >= 11 is 5.53. The Labute approximate surface area is 91.4 Å². The van der Waals surface area contributed by atoms with E-state index in [2.05, 4.69) is 12.2 Å². The minimum absolute atomic E-state index is 0.171. The van der Waals surface area contributed by atoms with Gasteiger partial charge in [-0.25, -0.2) is 0 Å². The van der Waals surface area contributed by atoms with E-state index in [1.807, 2.05) is 0 Å². The second kappa shape index (κ2) is 6.28. The predicted molar refractivity (Wildman–Crippen MR) is 59.5 cm³/mol. The van der Waals surface area contributed by atoms with Crippen LogP contribution in [0.25, 0.3) is 0 Å². The Morgan fingerprint density at radius 1 is 1.36 bits per heavy atom. The number of carbonyl (C=O) groups is 1. The number of alkyl halides is 1. The molecule has 0 heterocycles. The molecule has 1 aliphatic rings. The number of carbonyl (C=O) groups excluding carboxylic acids is 1. The third-order valence-corrected chi connectivity index (χ3v) is 3.19. The van der Waals surface area contributed by atoms with Crippen molar-refractivity contribution >= 4 is 17.5 Å². The molecule has 1 saturated carbocycles. The number of halogens is 1. The van der Waals surface area contributed by atoms with Gasteiger partial charge in [0.25, 0.3) is 0 Å². The van der Waals surface area contributed by atoms with Crippen LogP contribution in [0.3, 0.4) is 0 Å². The molecule has 0 aliphatic heterocycles. The summed E-state index contributed by atoms with van der Waals surface area (Å²) in [6, 6.07) is 0.425. The van der Waals surface area contributed by atoms with Gasteiger partial charge < -0.3 is 5.32 Å². The van der Waals surface area contributed by atoms with Gasteiger partial charge in [0.1, 0.15) is 0 Å². The van der Waals surface area contributed by atoms with Crippen LogP contribution >= 0.6 is 11.6 Å². The molecule has 0 spiro atoms. The SMILES string of the molecule is CC1CCC(NC(=O)CCCCl)CC1. The average molecular weight is 218 g/mol. The van der Waals surface area contributed by atoms with Crippen molar-refractivity contribution in [3.8, 4) is 0 Å². The fourth-order valence-electron chi connectivity index (χ4n) is 1.93. The molecule has 3 heteroatoms. The van der Waals surface area contributed by atoms with Gasteiger partial charge in [0.2, 0.25) is 5.91 Å². The highest BCUT2D eigenvalue weighted by Crippen LogP contribution is 2.23. The first-order valence-electron chi connectivity index (χ1n) is 5.57. The summed E-state index contributed by atoms with van der Waals surface area (Å²) in [6.45, 7) is 2.28. The summed E-state index contributed by atoms with van der Waals surface area (Å²) in [5.74, 6) is 1.59. The number of rotatable bonds is 4. The van der Waals surface area contributed by atoms with E-state index < -0.39 is 0 Å². The van der Waals surface area contributed by atoms with Gasteiger partial charge in [0.15, 0.2) is 0 Å². The molecule has 1 fully saturated rings. The van der Waals surface area contributed by atoms with Crippen molar-refractivity contribution in [3.05, 3.63) is 0 Å². The molecule has 0 atom stereocenters. The highest BCUT2D eigenvalue weighted by molar-refractivity contribution is 6.17. The third-order valence-electron chi connectivity index (χ3n) is 2.92. The lowest BCUT2D eigenvalue weighted by Gasteiger charge is -2.26. The fraction of sp³-hybridized carbons (Fsp3) is 0.909. The van der Waals surface area contributed by atoms with E-state index in [0.717, 1.165) is 25.2 Å². The molecule has 1 N–H and O–H groups in total. The van der Waals surface area contributed by atoms with Crippen molar-refractivity contribution in [2.75, 3.05) is 5.88 Å². The molecule has 2 nitrogen and oxygen atoms in total. The molecule has 1 amide bonds. The summed E-state index contributed by atoms with van der Waals surface area (Å²) in [5, 5.41) is 3.08. The standard InChI is InChI=1S/C11H20ClNO/c1-9-4-6-10(7-5-9)13-11(14)3-2-8-12/h9-10H,2-8H2,1H3,(H,13,14). The van der Waals surface area contributed by atoms with E-state index in [4.69, 9.17) is 11.6 Å². The zero-order chi connectivity index (χ0) is 10.4. The van der Waals surface area contributed by atoms with E-state index in [-0.39, 0.29) is 5.91 Å². The largest absolute Gasteiger partial charge is 0.353 e. The van der Waals surface area contributed by atoms with Gasteiger partial charge in [0, 0.05) is 18.3 Å². The monoisotopic (exact) mass is 217 g/mol. The Morgan fingerprint density at radius 2 is 2.00 bits per heavy atom. The number of amides is 1. The van der Waals surface area contributed by atoms with E-state index in [9.17, 15) is 4.79 Å². The van der Waals surface area contributed by atoms with Gasteiger partial charge in [-0.05, 0) is 38.0 Å². The van der Waals surface area contributed by atoms with Crippen LogP contribution in [0.1, 0.15) is 45.4 Å². The summed E-state index contributed by atoms with van der Waals surface area (Å²) in [7, 11) is 0. The van der Waals surface area contributed by atoms with Crippen molar-refractivity contribution in [2.24, 2.45) is 5.92 Å². The molecule has 0 aromatic rings. The normalized spacial score (nSPS) is 27.3. The van der Waals surface area contributed by atoms with E-state index in [1.54, 1.807) is 0 Å². The molecular weight excluding hydrogens is 198 g/mol. The summed E-state index contributed by atoms with van der Waals surface area (Å²) in [4.78, 5) is 11.4. The van der Waals surface area contributed by atoms with Gasteiger partial charge >= 0.3 is 0 Å². The summed E-state index contributed by atoms with van der Waals surface area (Å²) in [5.41, 5.74) is 0. The highest BCUT2D eigenvalue weighted by atomic mass is 35.5. The molecular formula is C11H20ClNO. The first-order chi connectivity index (χ1) is 6.72. The molecule has 0 saturated heterocycles. The Kier molecular flexibility index (Phi) is 5.31. The van der Waals surface area contributed by atoms with E-state index in [0.29, 0.717) is 18.3 Å². The van der Waals surface area contributed by atoms with Gasteiger partial charge in [-0.1, -0.05) is 6.92 Å². The Morgan fingerprint density at radius 3 is 2.57 bits per heavy atom. The van der Waals surface area contributed by atoms with Gasteiger partial charge in [-0.2, -0.15) is 0 Å².